The van der Waals surface area contributed by atoms with Gasteiger partial charge in [-0.1, -0.05) is 85.0 Å². The van der Waals surface area contributed by atoms with Gasteiger partial charge in [0.25, 0.3) is 0 Å². The first-order valence-corrected chi connectivity index (χ1v) is 10.1. The van der Waals surface area contributed by atoms with E-state index < -0.39 is 0 Å². The fourth-order valence-corrected chi connectivity index (χ4v) is 3.60. The summed E-state index contributed by atoms with van der Waals surface area (Å²) in [6, 6.07) is 0. The zero-order valence-electron chi connectivity index (χ0n) is 16.2. The summed E-state index contributed by atoms with van der Waals surface area (Å²) in [6.45, 7) is 9.39. The predicted molar refractivity (Wildman–Crippen MR) is 102 cm³/mol. The number of aromatic nitrogens is 2. The molecular weight excluding hydrogens is 280 g/mol. The highest BCUT2D eigenvalue weighted by atomic mass is 15.1. The van der Waals surface area contributed by atoms with Crippen molar-refractivity contribution in [3.8, 4) is 0 Å². The molecule has 0 saturated heterocycles. The lowest BCUT2D eigenvalue weighted by Crippen LogP contribution is -2.35. The Kier molecular flexibility index (Phi) is 10.3. The van der Waals surface area contributed by atoms with Crippen molar-refractivity contribution in [1.82, 2.24) is 9.55 Å². The van der Waals surface area contributed by atoms with Crippen LogP contribution in [0.5, 0.6) is 0 Å². The summed E-state index contributed by atoms with van der Waals surface area (Å²) in [6.07, 6.45) is 22.7. The molecule has 1 aromatic heterocycles. The SMILES string of the molecule is CCCCCCCCCCCCC(C)C(C)(CC)n1ccnc1. The molecule has 0 bridgehead atoms. The first-order chi connectivity index (χ1) is 11.1. The second kappa shape index (κ2) is 11.7. The Hall–Kier alpha value is -0.790. The fraction of sp³-hybridized carbons (Fsp3) is 0.857. The van der Waals surface area contributed by atoms with Crippen LogP contribution in [0.15, 0.2) is 18.7 Å². The molecule has 0 amide bonds. The van der Waals surface area contributed by atoms with Crippen molar-refractivity contribution in [3.05, 3.63) is 18.7 Å². The van der Waals surface area contributed by atoms with Gasteiger partial charge in [-0.2, -0.15) is 0 Å². The van der Waals surface area contributed by atoms with E-state index in [1.807, 2.05) is 12.5 Å². The Bertz CT molecular complexity index is 371. The van der Waals surface area contributed by atoms with Crippen LogP contribution in [0, 0.1) is 5.92 Å². The molecule has 134 valence electrons. The van der Waals surface area contributed by atoms with Crippen LogP contribution in [0.3, 0.4) is 0 Å². The third-order valence-corrected chi connectivity index (χ3v) is 5.86. The average Bonchev–Trinajstić information content (AvgIpc) is 3.10. The lowest BCUT2D eigenvalue weighted by atomic mass is 9.81. The first-order valence-electron chi connectivity index (χ1n) is 10.1. The number of hydrogen-bond acceptors (Lipinski definition) is 1. The highest BCUT2D eigenvalue weighted by molar-refractivity contribution is 4.91. The molecule has 0 radical (unpaired) electrons. The smallest absolute Gasteiger partial charge is 0.0951 e. The molecule has 1 rings (SSSR count). The van der Waals surface area contributed by atoms with Crippen LogP contribution in [0.25, 0.3) is 0 Å². The molecule has 0 N–H and O–H groups in total. The quantitative estimate of drug-likeness (QED) is 0.339. The van der Waals surface area contributed by atoms with E-state index in [4.69, 9.17) is 0 Å². The van der Waals surface area contributed by atoms with Gasteiger partial charge in [-0.3, -0.25) is 0 Å². The Balaban J connectivity index is 2.11. The number of hydrogen-bond donors (Lipinski definition) is 0. The predicted octanol–water partition coefficient (Wildman–Crippen LogP) is 6.96. The van der Waals surface area contributed by atoms with E-state index in [0.29, 0.717) is 5.92 Å². The zero-order chi connectivity index (χ0) is 17.0. The highest BCUT2D eigenvalue weighted by Gasteiger charge is 2.30. The van der Waals surface area contributed by atoms with Gasteiger partial charge in [0.1, 0.15) is 0 Å². The number of unbranched alkanes of at least 4 members (excludes halogenated alkanes) is 9. The summed E-state index contributed by atoms with van der Waals surface area (Å²) < 4.78 is 2.31. The van der Waals surface area contributed by atoms with Crippen molar-refractivity contribution in [2.24, 2.45) is 5.92 Å². The number of nitrogens with zero attached hydrogens (tertiary/aromatic N) is 2. The Morgan fingerprint density at radius 1 is 0.913 bits per heavy atom. The van der Waals surface area contributed by atoms with E-state index in [1.54, 1.807) is 0 Å². The second-order valence-electron chi connectivity index (χ2n) is 7.55. The van der Waals surface area contributed by atoms with E-state index in [0.717, 1.165) is 0 Å². The van der Waals surface area contributed by atoms with Crippen LogP contribution in [0.1, 0.15) is 105 Å². The van der Waals surface area contributed by atoms with Crippen LogP contribution < -0.4 is 0 Å². The minimum Gasteiger partial charge on any atom is -0.331 e. The van der Waals surface area contributed by atoms with Crippen LogP contribution in [-0.4, -0.2) is 9.55 Å². The molecule has 0 aliphatic heterocycles. The minimum absolute atomic E-state index is 0.218. The van der Waals surface area contributed by atoms with Gasteiger partial charge >= 0.3 is 0 Å². The average molecular weight is 321 g/mol. The highest BCUT2D eigenvalue weighted by Crippen LogP contribution is 2.33. The van der Waals surface area contributed by atoms with Gasteiger partial charge in [-0.05, 0) is 25.7 Å². The van der Waals surface area contributed by atoms with Gasteiger partial charge in [0.15, 0.2) is 0 Å². The van der Waals surface area contributed by atoms with Crippen molar-refractivity contribution < 1.29 is 0 Å². The molecule has 0 aliphatic rings. The van der Waals surface area contributed by atoms with Crippen LogP contribution in [0.4, 0.5) is 0 Å². The minimum atomic E-state index is 0.218. The molecular formula is C21H40N2. The van der Waals surface area contributed by atoms with Crippen molar-refractivity contribution in [3.63, 3.8) is 0 Å². The lowest BCUT2D eigenvalue weighted by Gasteiger charge is -2.36. The van der Waals surface area contributed by atoms with Crippen molar-refractivity contribution in [1.29, 1.82) is 0 Å². The summed E-state index contributed by atoms with van der Waals surface area (Å²) >= 11 is 0. The molecule has 0 fully saturated rings. The number of imidazole rings is 1. The Morgan fingerprint density at radius 3 is 1.96 bits per heavy atom. The van der Waals surface area contributed by atoms with Gasteiger partial charge in [0.05, 0.1) is 6.33 Å². The summed E-state index contributed by atoms with van der Waals surface area (Å²) in [5, 5.41) is 0. The van der Waals surface area contributed by atoms with Crippen molar-refractivity contribution in [2.75, 3.05) is 0 Å². The molecule has 1 heterocycles. The van der Waals surface area contributed by atoms with E-state index in [2.05, 4.69) is 43.4 Å². The Labute approximate surface area is 145 Å². The van der Waals surface area contributed by atoms with Gasteiger partial charge in [0.2, 0.25) is 0 Å². The zero-order valence-corrected chi connectivity index (χ0v) is 16.2. The monoisotopic (exact) mass is 320 g/mol. The van der Waals surface area contributed by atoms with E-state index in [-0.39, 0.29) is 5.54 Å². The molecule has 0 saturated carbocycles. The van der Waals surface area contributed by atoms with E-state index in [9.17, 15) is 0 Å². The molecule has 2 atom stereocenters. The summed E-state index contributed by atoms with van der Waals surface area (Å²) in [5.74, 6) is 0.704. The van der Waals surface area contributed by atoms with Crippen LogP contribution in [0.2, 0.25) is 0 Å². The normalized spacial score (nSPS) is 15.5. The molecule has 0 spiro atoms. The molecule has 0 aliphatic carbocycles. The standard InChI is InChI=1S/C21H40N2/c1-5-7-8-9-10-11-12-13-14-15-16-20(3)21(4,6-2)23-18-17-22-19-23/h17-20H,5-16H2,1-4H3. The first kappa shape index (κ1) is 20.3. The van der Waals surface area contributed by atoms with Gasteiger partial charge in [0, 0.05) is 17.9 Å². The largest absolute Gasteiger partial charge is 0.331 e. The number of rotatable bonds is 14. The maximum absolute atomic E-state index is 4.24. The van der Waals surface area contributed by atoms with Gasteiger partial charge in [-0.15, -0.1) is 0 Å². The maximum atomic E-state index is 4.24. The van der Waals surface area contributed by atoms with Crippen molar-refractivity contribution >= 4 is 0 Å². The van der Waals surface area contributed by atoms with Gasteiger partial charge < -0.3 is 4.57 Å². The molecule has 2 nitrogen and oxygen atoms in total. The summed E-state index contributed by atoms with van der Waals surface area (Å²) in [4.78, 5) is 4.24. The van der Waals surface area contributed by atoms with E-state index in [1.165, 1.54) is 77.0 Å². The second-order valence-corrected chi connectivity index (χ2v) is 7.55. The third kappa shape index (κ3) is 7.10. The molecule has 2 unspecified atom stereocenters. The maximum Gasteiger partial charge on any atom is 0.0951 e. The molecule has 23 heavy (non-hydrogen) atoms. The van der Waals surface area contributed by atoms with Gasteiger partial charge in [-0.25, -0.2) is 4.98 Å². The third-order valence-electron chi connectivity index (χ3n) is 5.86. The molecule has 2 heteroatoms. The Morgan fingerprint density at radius 2 is 1.48 bits per heavy atom. The van der Waals surface area contributed by atoms with Crippen LogP contribution in [-0.2, 0) is 5.54 Å². The van der Waals surface area contributed by atoms with E-state index >= 15 is 0 Å². The lowest BCUT2D eigenvalue weighted by molar-refractivity contribution is 0.182. The fourth-order valence-electron chi connectivity index (χ4n) is 3.60. The summed E-state index contributed by atoms with van der Waals surface area (Å²) in [5.41, 5.74) is 0.218. The van der Waals surface area contributed by atoms with Crippen molar-refractivity contribution in [2.45, 2.75) is 110 Å². The summed E-state index contributed by atoms with van der Waals surface area (Å²) in [7, 11) is 0. The topological polar surface area (TPSA) is 17.8 Å². The molecule has 0 aromatic carbocycles. The molecule has 1 aromatic rings. The van der Waals surface area contributed by atoms with Crippen LogP contribution >= 0.6 is 0 Å².